The van der Waals surface area contributed by atoms with Gasteiger partial charge in [-0.3, -0.25) is 9.59 Å². The summed E-state index contributed by atoms with van der Waals surface area (Å²) in [5.41, 5.74) is 8.86. The van der Waals surface area contributed by atoms with Crippen molar-refractivity contribution in [3.05, 3.63) is 65.0 Å². The molecule has 2 N–H and O–H groups in total. The van der Waals surface area contributed by atoms with Gasteiger partial charge in [-0.1, -0.05) is 24.3 Å². The van der Waals surface area contributed by atoms with Gasteiger partial charge in [-0.25, -0.2) is 4.39 Å². The summed E-state index contributed by atoms with van der Waals surface area (Å²) in [6.45, 7) is 2.38. The largest absolute Gasteiger partial charge is 0.367 e. The van der Waals surface area contributed by atoms with E-state index in [0.29, 0.717) is 31.9 Å². The predicted octanol–water partition coefficient (Wildman–Crippen LogP) is 2.38. The first kappa shape index (κ1) is 18.5. The number of halogens is 1. The molecule has 1 aliphatic heterocycles. The standard InChI is InChI=1S/C22H24FN3O2/c23-18-7-8-20(19(14-18)21(24)27)25-9-11-26(12-10-25)22(28)17-6-5-15-3-1-2-4-16(15)13-17/h1-4,7-8,14,17H,5-6,9-13H2,(H2,24,27). The highest BCUT2D eigenvalue weighted by molar-refractivity contribution is 5.98. The zero-order valence-electron chi connectivity index (χ0n) is 15.7. The van der Waals surface area contributed by atoms with Gasteiger partial charge in [-0.2, -0.15) is 0 Å². The van der Waals surface area contributed by atoms with Gasteiger partial charge in [0.05, 0.1) is 5.56 Å². The number of carbonyl (C=O) groups excluding carboxylic acids is 2. The van der Waals surface area contributed by atoms with Crippen molar-refractivity contribution in [1.82, 2.24) is 4.90 Å². The maximum Gasteiger partial charge on any atom is 0.250 e. The van der Waals surface area contributed by atoms with Crippen LogP contribution in [0.25, 0.3) is 0 Å². The molecule has 0 radical (unpaired) electrons. The number of rotatable bonds is 3. The molecule has 28 heavy (non-hydrogen) atoms. The van der Waals surface area contributed by atoms with E-state index in [2.05, 4.69) is 18.2 Å². The van der Waals surface area contributed by atoms with Crippen LogP contribution in [-0.2, 0) is 17.6 Å². The quantitative estimate of drug-likeness (QED) is 0.888. The Bertz CT molecular complexity index is 906. The van der Waals surface area contributed by atoms with Crippen LogP contribution in [-0.4, -0.2) is 42.9 Å². The van der Waals surface area contributed by atoms with Crippen LogP contribution < -0.4 is 10.6 Å². The van der Waals surface area contributed by atoms with Crippen LogP contribution in [0, 0.1) is 11.7 Å². The predicted molar refractivity (Wildman–Crippen MR) is 106 cm³/mol. The topological polar surface area (TPSA) is 66.6 Å². The Balaban J connectivity index is 1.41. The van der Waals surface area contributed by atoms with Gasteiger partial charge in [0, 0.05) is 37.8 Å². The normalized spacial score (nSPS) is 19.2. The number of hydrogen-bond donors (Lipinski definition) is 1. The fraction of sp³-hybridized carbons (Fsp3) is 0.364. The molecule has 4 rings (SSSR count). The van der Waals surface area contributed by atoms with Gasteiger partial charge < -0.3 is 15.5 Å². The highest BCUT2D eigenvalue weighted by atomic mass is 19.1. The van der Waals surface area contributed by atoms with E-state index in [4.69, 9.17) is 5.73 Å². The zero-order chi connectivity index (χ0) is 19.7. The maximum absolute atomic E-state index is 13.5. The number of benzene rings is 2. The Kier molecular flexibility index (Phi) is 5.03. The first-order chi connectivity index (χ1) is 13.5. The molecule has 2 aromatic rings. The number of amides is 2. The second kappa shape index (κ2) is 7.62. The van der Waals surface area contributed by atoms with Crippen molar-refractivity contribution in [3.8, 4) is 0 Å². The van der Waals surface area contributed by atoms with Crippen molar-refractivity contribution in [2.45, 2.75) is 19.3 Å². The van der Waals surface area contributed by atoms with Crippen molar-refractivity contribution in [3.63, 3.8) is 0 Å². The minimum absolute atomic E-state index is 0.0356. The molecule has 6 heteroatoms. The summed E-state index contributed by atoms with van der Waals surface area (Å²) in [4.78, 5) is 28.6. The maximum atomic E-state index is 13.5. The number of piperazine rings is 1. The van der Waals surface area contributed by atoms with E-state index in [1.54, 1.807) is 6.07 Å². The summed E-state index contributed by atoms with van der Waals surface area (Å²) in [5, 5.41) is 0. The van der Waals surface area contributed by atoms with Gasteiger partial charge in [0.1, 0.15) is 5.82 Å². The minimum Gasteiger partial charge on any atom is -0.367 e. The lowest BCUT2D eigenvalue weighted by Gasteiger charge is -2.38. The van der Waals surface area contributed by atoms with Crippen LogP contribution in [0.15, 0.2) is 42.5 Å². The lowest BCUT2D eigenvalue weighted by Crippen LogP contribution is -2.51. The van der Waals surface area contributed by atoms with Crippen molar-refractivity contribution < 1.29 is 14.0 Å². The monoisotopic (exact) mass is 381 g/mol. The fourth-order valence-electron chi connectivity index (χ4n) is 4.32. The molecule has 2 aromatic carbocycles. The van der Waals surface area contributed by atoms with Gasteiger partial charge in [-0.15, -0.1) is 0 Å². The SMILES string of the molecule is NC(=O)c1cc(F)ccc1N1CCN(C(=O)C2CCc3ccccc3C2)CC1. The Hall–Kier alpha value is -2.89. The molecule has 2 aliphatic rings. The number of primary amides is 1. The number of hydrogen-bond acceptors (Lipinski definition) is 3. The molecule has 1 unspecified atom stereocenters. The number of aryl methyl sites for hydroxylation is 1. The lowest BCUT2D eigenvalue weighted by molar-refractivity contribution is -0.136. The molecule has 0 spiro atoms. The third kappa shape index (κ3) is 3.59. The summed E-state index contributed by atoms with van der Waals surface area (Å²) in [5.74, 6) is -0.880. The second-order valence-corrected chi connectivity index (χ2v) is 7.55. The smallest absolute Gasteiger partial charge is 0.250 e. The molecular formula is C22H24FN3O2. The van der Waals surface area contributed by atoms with Crippen LogP contribution in [0.5, 0.6) is 0 Å². The van der Waals surface area contributed by atoms with Crippen molar-refractivity contribution in [1.29, 1.82) is 0 Å². The van der Waals surface area contributed by atoms with Gasteiger partial charge in [0.2, 0.25) is 5.91 Å². The molecule has 1 saturated heterocycles. The molecule has 1 fully saturated rings. The Morgan fingerprint density at radius 2 is 1.71 bits per heavy atom. The number of carbonyl (C=O) groups is 2. The van der Waals surface area contributed by atoms with E-state index in [1.807, 2.05) is 15.9 Å². The molecule has 0 aromatic heterocycles. The number of nitrogens with zero attached hydrogens (tertiary/aromatic N) is 2. The van der Waals surface area contributed by atoms with Crippen molar-refractivity contribution in [2.75, 3.05) is 31.1 Å². The van der Waals surface area contributed by atoms with Gasteiger partial charge in [-0.05, 0) is 48.6 Å². The first-order valence-corrected chi connectivity index (χ1v) is 9.73. The third-order valence-corrected chi connectivity index (χ3v) is 5.85. The highest BCUT2D eigenvalue weighted by Crippen LogP contribution is 2.28. The summed E-state index contributed by atoms with van der Waals surface area (Å²) in [7, 11) is 0. The molecule has 0 saturated carbocycles. The summed E-state index contributed by atoms with van der Waals surface area (Å²) in [6, 6.07) is 12.4. The highest BCUT2D eigenvalue weighted by Gasteiger charge is 2.30. The zero-order valence-corrected chi connectivity index (χ0v) is 15.7. The van der Waals surface area contributed by atoms with Crippen molar-refractivity contribution >= 4 is 17.5 Å². The molecule has 1 atom stereocenters. The van der Waals surface area contributed by atoms with Gasteiger partial charge >= 0.3 is 0 Å². The third-order valence-electron chi connectivity index (χ3n) is 5.85. The van der Waals surface area contributed by atoms with Gasteiger partial charge in [0.15, 0.2) is 0 Å². The molecule has 5 nitrogen and oxygen atoms in total. The van der Waals surface area contributed by atoms with E-state index in [-0.39, 0.29) is 17.4 Å². The van der Waals surface area contributed by atoms with Crippen LogP contribution in [0.4, 0.5) is 10.1 Å². The van der Waals surface area contributed by atoms with Crippen molar-refractivity contribution in [2.24, 2.45) is 11.7 Å². The Labute approximate surface area is 163 Å². The summed E-state index contributed by atoms with van der Waals surface area (Å²) in [6.07, 6.45) is 2.64. The van der Waals surface area contributed by atoms with Crippen LogP contribution in [0.1, 0.15) is 27.9 Å². The van der Waals surface area contributed by atoms with E-state index in [9.17, 15) is 14.0 Å². The molecular weight excluding hydrogens is 357 g/mol. The second-order valence-electron chi connectivity index (χ2n) is 7.55. The number of anilines is 1. The lowest BCUT2D eigenvalue weighted by atomic mass is 9.83. The average molecular weight is 381 g/mol. The van der Waals surface area contributed by atoms with Gasteiger partial charge in [0.25, 0.3) is 5.91 Å². The summed E-state index contributed by atoms with van der Waals surface area (Å²) < 4.78 is 13.5. The Morgan fingerprint density at radius 1 is 1.00 bits per heavy atom. The molecule has 0 bridgehead atoms. The first-order valence-electron chi connectivity index (χ1n) is 9.73. The van der Waals surface area contributed by atoms with Crippen LogP contribution >= 0.6 is 0 Å². The van der Waals surface area contributed by atoms with E-state index in [1.165, 1.54) is 23.3 Å². The number of nitrogens with two attached hydrogens (primary N) is 1. The molecule has 1 heterocycles. The fourth-order valence-corrected chi connectivity index (χ4v) is 4.32. The average Bonchev–Trinajstić information content (AvgIpc) is 2.73. The minimum atomic E-state index is -0.645. The molecule has 1 aliphatic carbocycles. The van der Waals surface area contributed by atoms with Crippen LogP contribution in [0.2, 0.25) is 0 Å². The summed E-state index contributed by atoms with van der Waals surface area (Å²) >= 11 is 0. The van der Waals surface area contributed by atoms with Crippen LogP contribution in [0.3, 0.4) is 0 Å². The number of fused-ring (bicyclic) bond motifs is 1. The van der Waals surface area contributed by atoms with E-state index < -0.39 is 11.7 Å². The van der Waals surface area contributed by atoms with E-state index in [0.717, 1.165) is 19.3 Å². The van der Waals surface area contributed by atoms with E-state index >= 15 is 0 Å². The Morgan fingerprint density at radius 3 is 2.43 bits per heavy atom. The molecule has 2 amide bonds. The molecule has 146 valence electrons.